The Hall–Kier alpha value is -0.340. The van der Waals surface area contributed by atoms with E-state index in [2.05, 4.69) is 0 Å². The highest BCUT2D eigenvalue weighted by atomic mass is 16.5. The van der Waals surface area contributed by atoms with Gasteiger partial charge in [0.2, 0.25) is 0 Å². The van der Waals surface area contributed by atoms with Crippen LogP contribution in [0.2, 0.25) is 0 Å². The van der Waals surface area contributed by atoms with E-state index in [4.69, 9.17) is 9.84 Å². The number of aliphatic hydroxyl groups excluding tert-OH is 1. The first-order valence-electron chi connectivity index (χ1n) is 2.82. The Morgan fingerprint density at radius 2 is 2.62 bits per heavy atom. The second-order valence-electron chi connectivity index (χ2n) is 1.81. The van der Waals surface area contributed by atoms with E-state index in [0.29, 0.717) is 6.61 Å². The van der Waals surface area contributed by atoms with Crippen molar-refractivity contribution < 1.29 is 9.84 Å². The number of rotatable bonds is 2. The first-order chi connectivity index (χ1) is 3.93. The molecule has 0 fully saturated rings. The summed E-state index contributed by atoms with van der Waals surface area (Å²) in [6.07, 6.45) is 4.87. The number of aliphatic hydroxyl groups is 1. The smallest absolute Gasteiger partial charge is 0.0782 e. The van der Waals surface area contributed by atoms with Crippen LogP contribution in [-0.4, -0.2) is 24.4 Å². The molecular formula is C6H10O2. The molecule has 8 heavy (non-hydrogen) atoms. The largest absolute Gasteiger partial charge is 0.396 e. The lowest BCUT2D eigenvalue weighted by molar-refractivity contribution is 0.103. The molecule has 0 aromatic heterocycles. The Bertz CT molecular complexity index is 88.5. The van der Waals surface area contributed by atoms with Crippen LogP contribution in [0.25, 0.3) is 0 Å². The minimum atomic E-state index is 0.181. The van der Waals surface area contributed by atoms with Crippen molar-refractivity contribution in [1.29, 1.82) is 0 Å². The molecule has 0 aromatic carbocycles. The summed E-state index contributed by atoms with van der Waals surface area (Å²) in [5.74, 6) is 0. The fourth-order valence-electron chi connectivity index (χ4n) is 0.749. The summed E-state index contributed by atoms with van der Waals surface area (Å²) in [7, 11) is 0. The Kier molecular flexibility index (Phi) is 2.06. The topological polar surface area (TPSA) is 29.5 Å². The molecular weight excluding hydrogens is 104 g/mol. The molecule has 46 valence electrons. The quantitative estimate of drug-likeness (QED) is 0.524. The molecule has 1 heterocycles. The van der Waals surface area contributed by atoms with Gasteiger partial charge in [-0.3, -0.25) is 0 Å². The van der Waals surface area contributed by atoms with Crippen LogP contribution in [-0.2, 0) is 4.74 Å². The molecule has 0 amide bonds. The molecule has 1 aliphatic rings. The molecule has 1 aliphatic heterocycles. The van der Waals surface area contributed by atoms with E-state index >= 15 is 0 Å². The van der Waals surface area contributed by atoms with Crippen molar-refractivity contribution in [1.82, 2.24) is 0 Å². The zero-order valence-electron chi connectivity index (χ0n) is 4.71. The van der Waals surface area contributed by atoms with Crippen LogP contribution < -0.4 is 0 Å². The van der Waals surface area contributed by atoms with Gasteiger partial charge < -0.3 is 9.84 Å². The molecule has 1 atom stereocenters. The third kappa shape index (κ3) is 1.32. The van der Waals surface area contributed by atoms with E-state index < -0.39 is 0 Å². The maximum Gasteiger partial charge on any atom is 0.0782 e. The van der Waals surface area contributed by atoms with Gasteiger partial charge in [-0.2, -0.15) is 0 Å². The second-order valence-corrected chi connectivity index (χ2v) is 1.81. The Balaban J connectivity index is 2.16. The lowest BCUT2D eigenvalue weighted by Gasteiger charge is -2.03. The van der Waals surface area contributed by atoms with Crippen molar-refractivity contribution in [3.05, 3.63) is 12.2 Å². The molecule has 1 rings (SSSR count). The Morgan fingerprint density at radius 3 is 3.12 bits per heavy atom. The minimum absolute atomic E-state index is 0.181. The van der Waals surface area contributed by atoms with Crippen LogP contribution in [0.3, 0.4) is 0 Å². The predicted molar refractivity (Wildman–Crippen MR) is 30.6 cm³/mol. The molecule has 0 bridgehead atoms. The van der Waals surface area contributed by atoms with Gasteiger partial charge in [-0.25, -0.2) is 0 Å². The summed E-state index contributed by atoms with van der Waals surface area (Å²) in [5.41, 5.74) is 0. The van der Waals surface area contributed by atoms with Gasteiger partial charge in [-0.1, -0.05) is 12.2 Å². The molecule has 0 saturated heterocycles. The van der Waals surface area contributed by atoms with Crippen molar-refractivity contribution >= 4 is 0 Å². The average Bonchev–Trinajstić information content (AvgIpc) is 2.19. The van der Waals surface area contributed by atoms with Crippen molar-refractivity contribution in [2.45, 2.75) is 12.5 Å². The standard InChI is InChI=1S/C6H10O2/c7-4-3-6-2-1-5-8-6/h1-2,6-7H,3-5H2. The van der Waals surface area contributed by atoms with Gasteiger partial charge >= 0.3 is 0 Å². The van der Waals surface area contributed by atoms with Crippen LogP contribution in [0, 0.1) is 0 Å². The molecule has 0 aromatic rings. The highest BCUT2D eigenvalue weighted by Gasteiger charge is 2.06. The van der Waals surface area contributed by atoms with E-state index in [1.807, 2.05) is 12.2 Å². The zero-order valence-corrected chi connectivity index (χ0v) is 4.71. The lowest BCUT2D eigenvalue weighted by atomic mass is 10.3. The number of hydrogen-bond donors (Lipinski definition) is 1. The van der Waals surface area contributed by atoms with E-state index in [0.717, 1.165) is 6.42 Å². The van der Waals surface area contributed by atoms with Crippen molar-refractivity contribution in [3.8, 4) is 0 Å². The monoisotopic (exact) mass is 114 g/mol. The van der Waals surface area contributed by atoms with Crippen LogP contribution in [0.15, 0.2) is 12.2 Å². The van der Waals surface area contributed by atoms with E-state index in [9.17, 15) is 0 Å². The van der Waals surface area contributed by atoms with E-state index in [-0.39, 0.29) is 12.7 Å². The highest BCUT2D eigenvalue weighted by Crippen LogP contribution is 2.05. The summed E-state index contributed by atoms with van der Waals surface area (Å²) in [6, 6.07) is 0. The van der Waals surface area contributed by atoms with Gasteiger partial charge in [0.1, 0.15) is 0 Å². The maximum absolute atomic E-state index is 8.41. The normalized spacial score (nSPS) is 26.9. The third-order valence-electron chi connectivity index (χ3n) is 1.17. The van der Waals surface area contributed by atoms with Gasteiger partial charge in [0.15, 0.2) is 0 Å². The molecule has 2 nitrogen and oxygen atoms in total. The lowest BCUT2D eigenvalue weighted by Crippen LogP contribution is -2.05. The van der Waals surface area contributed by atoms with Crippen molar-refractivity contribution in [2.75, 3.05) is 13.2 Å². The van der Waals surface area contributed by atoms with Crippen LogP contribution >= 0.6 is 0 Å². The fraction of sp³-hybridized carbons (Fsp3) is 0.667. The zero-order chi connectivity index (χ0) is 5.82. The molecule has 1 unspecified atom stereocenters. The van der Waals surface area contributed by atoms with Gasteiger partial charge in [0, 0.05) is 13.0 Å². The van der Waals surface area contributed by atoms with Crippen LogP contribution in [0.1, 0.15) is 6.42 Å². The predicted octanol–water partition coefficient (Wildman–Crippen LogP) is 0.324. The molecule has 2 heteroatoms. The van der Waals surface area contributed by atoms with Gasteiger partial charge in [-0.15, -0.1) is 0 Å². The summed E-state index contributed by atoms with van der Waals surface area (Å²) in [4.78, 5) is 0. The fourth-order valence-corrected chi connectivity index (χ4v) is 0.749. The van der Waals surface area contributed by atoms with Crippen molar-refractivity contribution in [3.63, 3.8) is 0 Å². The van der Waals surface area contributed by atoms with E-state index in [1.54, 1.807) is 0 Å². The average molecular weight is 114 g/mol. The summed E-state index contributed by atoms with van der Waals surface area (Å²) < 4.78 is 5.12. The summed E-state index contributed by atoms with van der Waals surface area (Å²) in [5, 5.41) is 8.41. The van der Waals surface area contributed by atoms with Gasteiger partial charge in [0.05, 0.1) is 12.7 Å². The summed E-state index contributed by atoms with van der Waals surface area (Å²) >= 11 is 0. The third-order valence-corrected chi connectivity index (χ3v) is 1.17. The first-order valence-corrected chi connectivity index (χ1v) is 2.82. The maximum atomic E-state index is 8.41. The molecule has 0 radical (unpaired) electrons. The molecule has 1 N–H and O–H groups in total. The Labute approximate surface area is 48.8 Å². The first kappa shape index (κ1) is 5.79. The highest BCUT2D eigenvalue weighted by molar-refractivity contribution is 4.95. The molecule has 0 saturated carbocycles. The second kappa shape index (κ2) is 2.84. The molecule has 0 aliphatic carbocycles. The van der Waals surface area contributed by atoms with Gasteiger partial charge in [0.25, 0.3) is 0 Å². The number of ether oxygens (including phenoxy) is 1. The van der Waals surface area contributed by atoms with Crippen molar-refractivity contribution in [2.24, 2.45) is 0 Å². The summed E-state index contributed by atoms with van der Waals surface area (Å²) in [6.45, 7) is 0.930. The van der Waals surface area contributed by atoms with Crippen LogP contribution in [0.4, 0.5) is 0 Å². The van der Waals surface area contributed by atoms with Gasteiger partial charge in [-0.05, 0) is 0 Å². The molecule has 0 spiro atoms. The Morgan fingerprint density at radius 1 is 1.75 bits per heavy atom. The van der Waals surface area contributed by atoms with E-state index in [1.165, 1.54) is 0 Å². The minimum Gasteiger partial charge on any atom is -0.396 e. The number of hydrogen-bond acceptors (Lipinski definition) is 2. The SMILES string of the molecule is OCCC1C=CCO1. The van der Waals surface area contributed by atoms with Crippen LogP contribution in [0.5, 0.6) is 0 Å².